The molecule has 1 unspecified atom stereocenters. The van der Waals surface area contributed by atoms with Gasteiger partial charge in [-0.05, 0) is 18.1 Å². The van der Waals surface area contributed by atoms with Crippen molar-refractivity contribution >= 4 is 39.0 Å². The number of hydrogen-bond acceptors (Lipinski definition) is 2. The first-order valence-corrected chi connectivity index (χ1v) is 6.56. The lowest BCUT2D eigenvalue weighted by atomic mass is 10.1. The number of carbonyl (C=O) groups is 1. The molecular formula is C12H15BrN2OS. The maximum Gasteiger partial charge on any atom is 0.230 e. The zero-order valence-electron chi connectivity index (χ0n) is 9.57. The van der Waals surface area contributed by atoms with Crippen LogP contribution in [0.2, 0.25) is 0 Å². The number of amides is 1. The summed E-state index contributed by atoms with van der Waals surface area (Å²) in [6.07, 6.45) is 0.622. The summed E-state index contributed by atoms with van der Waals surface area (Å²) >= 11 is 8.28. The van der Waals surface area contributed by atoms with Gasteiger partial charge in [-0.2, -0.15) is 0 Å². The monoisotopic (exact) mass is 314 g/mol. The lowest BCUT2D eigenvalue weighted by Gasteiger charge is -2.13. The fourth-order valence-electron chi connectivity index (χ4n) is 1.46. The predicted octanol–water partition coefficient (Wildman–Crippen LogP) is 2.38. The van der Waals surface area contributed by atoms with E-state index in [1.54, 1.807) is 0 Å². The fraction of sp³-hybridized carbons (Fsp3) is 0.333. The minimum absolute atomic E-state index is 0.115. The highest BCUT2D eigenvalue weighted by Gasteiger charge is 2.18. The fourth-order valence-corrected chi connectivity index (χ4v) is 2.16. The molecule has 0 bridgehead atoms. The van der Waals surface area contributed by atoms with E-state index in [-0.39, 0.29) is 16.8 Å². The maximum absolute atomic E-state index is 11.8. The van der Waals surface area contributed by atoms with Gasteiger partial charge in [0.2, 0.25) is 5.91 Å². The van der Waals surface area contributed by atoms with Gasteiger partial charge in [-0.1, -0.05) is 53.3 Å². The Bertz CT molecular complexity index is 423. The summed E-state index contributed by atoms with van der Waals surface area (Å²) in [6.45, 7) is 2.36. The number of hydrogen-bond donors (Lipinski definition) is 2. The molecule has 3 nitrogen and oxygen atoms in total. The standard InChI is InChI=1S/C12H15BrN2OS/c1-2-9(11(14)17)12(16)15-7-8-5-3-4-6-10(8)13/h3-6,9H,2,7H2,1H3,(H2,14,17)(H,15,16). The van der Waals surface area contributed by atoms with Crippen molar-refractivity contribution in [3.8, 4) is 0 Å². The van der Waals surface area contributed by atoms with Crippen molar-refractivity contribution in [2.45, 2.75) is 19.9 Å². The molecule has 1 aromatic rings. The largest absolute Gasteiger partial charge is 0.393 e. The van der Waals surface area contributed by atoms with Gasteiger partial charge in [-0.25, -0.2) is 0 Å². The van der Waals surface area contributed by atoms with Crippen molar-refractivity contribution in [1.82, 2.24) is 5.32 Å². The Hall–Kier alpha value is -0.940. The Morgan fingerprint density at radius 2 is 2.18 bits per heavy atom. The number of nitrogens with one attached hydrogen (secondary N) is 1. The molecule has 0 radical (unpaired) electrons. The van der Waals surface area contributed by atoms with E-state index in [4.69, 9.17) is 18.0 Å². The van der Waals surface area contributed by atoms with Crippen LogP contribution in [0.1, 0.15) is 18.9 Å². The highest BCUT2D eigenvalue weighted by atomic mass is 79.9. The molecule has 0 spiro atoms. The van der Waals surface area contributed by atoms with Crippen LogP contribution >= 0.6 is 28.1 Å². The smallest absolute Gasteiger partial charge is 0.230 e. The van der Waals surface area contributed by atoms with Crippen LogP contribution in [0.5, 0.6) is 0 Å². The van der Waals surface area contributed by atoms with E-state index in [1.165, 1.54) is 0 Å². The van der Waals surface area contributed by atoms with Crippen molar-refractivity contribution in [1.29, 1.82) is 0 Å². The molecule has 1 atom stereocenters. The summed E-state index contributed by atoms with van der Waals surface area (Å²) in [4.78, 5) is 12.1. The van der Waals surface area contributed by atoms with Gasteiger partial charge in [0.25, 0.3) is 0 Å². The van der Waals surface area contributed by atoms with E-state index in [0.717, 1.165) is 10.0 Å². The minimum atomic E-state index is -0.382. The number of nitrogens with two attached hydrogens (primary N) is 1. The number of benzene rings is 1. The quantitative estimate of drug-likeness (QED) is 0.820. The van der Waals surface area contributed by atoms with Crippen LogP contribution in [0, 0.1) is 5.92 Å². The molecule has 3 N–H and O–H groups in total. The second-order valence-corrected chi connectivity index (χ2v) is 5.00. The number of halogens is 1. The normalized spacial score (nSPS) is 11.9. The Morgan fingerprint density at radius 3 is 2.71 bits per heavy atom. The summed E-state index contributed by atoms with van der Waals surface area (Å²) in [6, 6.07) is 7.74. The molecule has 1 amide bonds. The van der Waals surface area contributed by atoms with Crippen molar-refractivity contribution in [2.75, 3.05) is 0 Å². The molecule has 1 rings (SSSR count). The molecule has 0 aliphatic carbocycles. The van der Waals surface area contributed by atoms with Crippen LogP contribution < -0.4 is 11.1 Å². The van der Waals surface area contributed by atoms with Crippen LogP contribution in [0.25, 0.3) is 0 Å². The summed E-state index contributed by atoms with van der Waals surface area (Å²) in [5.41, 5.74) is 6.53. The number of thiocarbonyl (C=S) groups is 1. The van der Waals surface area contributed by atoms with Crippen LogP contribution in [-0.2, 0) is 11.3 Å². The molecule has 0 aliphatic heterocycles. The molecule has 0 aromatic heterocycles. The Balaban J connectivity index is 2.59. The van der Waals surface area contributed by atoms with Gasteiger partial charge in [-0.15, -0.1) is 0 Å². The van der Waals surface area contributed by atoms with Crippen molar-refractivity contribution in [3.05, 3.63) is 34.3 Å². The molecule has 0 fully saturated rings. The van der Waals surface area contributed by atoms with Gasteiger partial charge in [0.05, 0.1) is 10.9 Å². The highest BCUT2D eigenvalue weighted by molar-refractivity contribution is 9.10. The van der Waals surface area contributed by atoms with Gasteiger partial charge < -0.3 is 11.1 Å². The third kappa shape index (κ3) is 4.09. The third-order valence-corrected chi connectivity index (χ3v) is 3.54. The Kier molecular flexibility index (Phi) is 5.58. The average Bonchev–Trinajstić information content (AvgIpc) is 2.28. The molecule has 0 aliphatic rings. The SMILES string of the molecule is CCC(C(=O)NCc1ccccc1Br)C(N)=S. The average molecular weight is 315 g/mol. The van der Waals surface area contributed by atoms with E-state index in [9.17, 15) is 4.79 Å². The summed E-state index contributed by atoms with van der Waals surface area (Å²) in [5, 5.41) is 2.84. The second kappa shape index (κ2) is 6.71. The molecular weight excluding hydrogens is 300 g/mol. The number of carbonyl (C=O) groups excluding carboxylic acids is 1. The van der Waals surface area contributed by atoms with Gasteiger partial charge >= 0.3 is 0 Å². The van der Waals surface area contributed by atoms with Crippen molar-refractivity contribution < 1.29 is 4.79 Å². The number of rotatable bonds is 5. The molecule has 0 heterocycles. The zero-order valence-corrected chi connectivity index (χ0v) is 12.0. The molecule has 17 heavy (non-hydrogen) atoms. The topological polar surface area (TPSA) is 55.1 Å². The van der Waals surface area contributed by atoms with E-state index < -0.39 is 0 Å². The summed E-state index contributed by atoms with van der Waals surface area (Å²) in [5.74, 6) is -0.497. The Morgan fingerprint density at radius 1 is 1.53 bits per heavy atom. The van der Waals surface area contributed by atoms with E-state index in [0.29, 0.717) is 13.0 Å². The highest BCUT2D eigenvalue weighted by Crippen LogP contribution is 2.15. The van der Waals surface area contributed by atoms with Gasteiger partial charge in [0.15, 0.2) is 0 Å². The van der Waals surface area contributed by atoms with Gasteiger partial charge in [0.1, 0.15) is 0 Å². The first-order valence-electron chi connectivity index (χ1n) is 5.36. The maximum atomic E-state index is 11.8. The molecule has 92 valence electrons. The van der Waals surface area contributed by atoms with Gasteiger partial charge in [0, 0.05) is 11.0 Å². The van der Waals surface area contributed by atoms with Crippen molar-refractivity contribution in [3.63, 3.8) is 0 Å². The molecule has 1 aromatic carbocycles. The molecule has 5 heteroatoms. The second-order valence-electron chi connectivity index (χ2n) is 3.67. The van der Waals surface area contributed by atoms with Crippen LogP contribution in [0.3, 0.4) is 0 Å². The third-order valence-electron chi connectivity index (χ3n) is 2.48. The van der Waals surface area contributed by atoms with Crippen LogP contribution in [0.4, 0.5) is 0 Å². The zero-order chi connectivity index (χ0) is 12.8. The van der Waals surface area contributed by atoms with E-state index in [2.05, 4.69) is 21.2 Å². The minimum Gasteiger partial charge on any atom is -0.393 e. The predicted molar refractivity (Wildman–Crippen MR) is 76.6 cm³/mol. The molecule has 0 saturated heterocycles. The van der Waals surface area contributed by atoms with E-state index in [1.807, 2.05) is 31.2 Å². The summed E-state index contributed by atoms with van der Waals surface area (Å²) in [7, 11) is 0. The van der Waals surface area contributed by atoms with Gasteiger partial charge in [-0.3, -0.25) is 4.79 Å². The van der Waals surface area contributed by atoms with Crippen molar-refractivity contribution in [2.24, 2.45) is 11.7 Å². The lowest BCUT2D eigenvalue weighted by molar-refractivity contribution is -0.123. The van der Waals surface area contributed by atoms with Crippen LogP contribution in [-0.4, -0.2) is 10.9 Å². The first-order chi connectivity index (χ1) is 8.06. The first kappa shape index (κ1) is 14.1. The summed E-state index contributed by atoms with van der Waals surface area (Å²) < 4.78 is 0.976. The molecule has 0 saturated carbocycles. The lowest BCUT2D eigenvalue weighted by Crippen LogP contribution is -2.37. The van der Waals surface area contributed by atoms with Crippen LogP contribution in [0.15, 0.2) is 28.7 Å². The van der Waals surface area contributed by atoms with E-state index >= 15 is 0 Å². The Labute approximate surface area is 115 Å².